The molecule has 0 bridgehead atoms. The van der Waals surface area contributed by atoms with Gasteiger partial charge in [-0.05, 0) is 57.6 Å². The van der Waals surface area contributed by atoms with E-state index in [0.717, 1.165) is 27.8 Å². The maximum absolute atomic E-state index is 9.38. The molecule has 1 aliphatic rings. The van der Waals surface area contributed by atoms with Crippen LogP contribution in [-0.2, 0) is 5.41 Å². The standard InChI is InChI=1S/C37H26N4/c1-37(2)32-21-28(27-15-9-10-24(20-27)23-38)16-18-30(32)31-19-17-29(22-33(31)37)36-40-34(25-11-5-3-6-12-25)39-35(41-36)26-13-7-4-8-14-26/h3-22H,1-2H3. The molecule has 0 saturated heterocycles. The van der Waals surface area contributed by atoms with Crippen LogP contribution in [0.15, 0.2) is 121 Å². The van der Waals surface area contributed by atoms with Gasteiger partial charge >= 0.3 is 0 Å². The Kier molecular flexibility index (Phi) is 5.80. The monoisotopic (exact) mass is 526 g/mol. The van der Waals surface area contributed by atoms with Crippen LogP contribution in [0.3, 0.4) is 0 Å². The Morgan fingerprint density at radius 2 is 0.951 bits per heavy atom. The van der Waals surface area contributed by atoms with Crippen LogP contribution in [0.1, 0.15) is 30.5 Å². The number of aromatic nitrogens is 3. The Labute approximate surface area is 239 Å². The van der Waals surface area contributed by atoms with Gasteiger partial charge in [0.05, 0.1) is 11.6 Å². The van der Waals surface area contributed by atoms with Gasteiger partial charge in [0.15, 0.2) is 17.5 Å². The molecule has 1 aliphatic carbocycles. The van der Waals surface area contributed by atoms with Crippen molar-refractivity contribution >= 4 is 0 Å². The zero-order valence-electron chi connectivity index (χ0n) is 22.8. The van der Waals surface area contributed by atoms with Gasteiger partial charge in [0.25, 0.3) is 0 Å². The number of hydrogen-bond donors (Lipinski definition) is 0. The number of rotatable bonds is 4. The molecule has 41 heavy (non-hydrogen) atoms. The fourth-order valence-electron chi connectivity index (χ4n) is 5.76. The second-order valence-corrected chi connectivity index (χ2v) is 10.9. The summed E-state index contributed by atoms with van der Waals surface area (Å²) in [4.78, 5) is 14.7. The fraction of sp³-hybridized carbons (Fsp3) is 0.0811. The normalized spacial score (nSPS) is 12.8. The Hall–Kier alpha value is -5.40. The summed E-state index contributed by atoms with van der Waals surface area (Å²) in [5.41, 5.74) is 10.5. The average molecular weight is 527 g/mol. The highest BCUT2D eigenvalue weighted by Gasteiger charge is 2.36. The minimum absolute atomic E-state index is 0.221. The molecule has 6 aromatic rings. The maximum atomic E-state index is 9.38. The van der Waals surface area contributed by atoms with Crippen molar-refractivity contribution in [2.75, 3.05) is 0 Å². The van der Waals surface area contributed by atoms with E-state index in [9.17, 15) is 5.26 Å². The zero-order chi connectivity index (χ0) is 28.0. The van der Waals surface area contributed by atoms with Gasteiger partial charge in [-0.15, -0.1) is 0 Å². The topological polar surface area (TPSA) is 62.5 Å². The van der Waals surface area contributed by atoms with Gasteiger partial charge in [0.2, 0.25) is 0 Å². The van der Waals surface area contributed by atoms with Gasteiger partial charge in [-0.1, -0.05) is 111 Å². The van der Waals surface area contributed by atoms with E-state index in [1.807, 2.05) is 78.9 Å². The predicted octanol–water partition coefficient (Wildman–Crippen LogP) is 8.72. The second kappa shape index (κ2) is 9.66. The van der Waals surface area contributed by atoms with Gasteiger partial charge in [-0.2, -0.15) is 5.26 Å². The lowest BCUT2D eigenvalue weighted by Gasteiger charge is -2.22. The van der Waals surface area contributed by atoms with Crippen molar-refractivity contribution < 1.29 is 0 Å². The first kappa shape index (κ1) is 24.6. The van der Waals surface area contributed by atoms with Gasteiger partial charge in [0.1, 0.15) is 0 Å². The summed E-state index contributed by atoms with van der Waals surface area (Å²) in [6, 6.07) is 43.3. The second-order valence-electron chi connectivity index (χ2n) is 10.9. The summed E-state index contributed by atoms with van der Waals surface area (Å²) >= 11 is 0. The van der Waals surface area contributed by atoms with Crippen LogP contribution < -0.4 is 0 Å². The molecule has 1 aromatic heterocycles. The molecule has 0 fully saturated rings. The van der Waals surface area contributed by atoms with Crippen LogP contribution in [0.2, 0.25) is 0 Å². The first-order valence-electron chi connectivity index (χ1n) is 13.7. The van der Waals surface area contributed by atoms with Crippen LogP contribution in [-0.4, -0.2) is 15.0 Å². The van der Waals surface area contributed by atoms with Crippen molar-refractivity contribution in [1.29, 1.82) is 5.26 Å². The van der Waals surface area contributed by atoms with E-state index in [0.29, 0.717) is 23.0 Å². The van der Waals surface area contributed by atoms with E-state index in [2.05, 4.69) is 62.4 Å². The minimum Gasteiger partial charge on any atom is -0.208 e. The van der Waals surface area contributed by atoms with Crippen LogP contribution in [0.4, 0.5) is 0 Å². The van der Waals surface area contributed by atoms with E-state index in [-0.39, 0.29) is 5.41 Å². The van der Waals surface area contributed by atoms with Crippen LogP contribution in [0, 0.1) is 11.3 Å². The molecule has 0 radical (unpaired) electrons. The molecule has 0 amide bonds. The van der Waals surface area contributed by atoms with Gasteiger partial charge in [0, 0.05) is 22.1 Å². The largest absolute Gasteiger partial charge is 0.208 e. The molecule has 1 heterocycles. The SMILES string of the molecule is CC1(C)c2cc(-c3cccc(C#N)c3)ccc2-c2ccc(-c3nc(-c4ccccc4)nc(-c4ccccc4)n3)cc21. The molecule has 0 spiro atoms. The molecule has 0 unspecified atom stereocenters. The van der Waals surface area contributed by atoms with E-state index in [1.165, 1.54) is 22.3 Å². The van der Waals surface area contributed by atoms with Crippen molar-refractivity contribution in [3.05, 3.63) is 138 Å². The van der Waals surface area contributed by atoms with Crippen LogP contribution >= 0.6 is 0 Å². The Balaban J connectivity index is 1.34. The van der Waals surface area contributed by atoms with Crippen molar-refractivity contribution in [2.24, 2.45) is 0 Å². The number of nitrogens with zero attached hydrogens (tertiary/aromatic N) is 4. The molecule has 4 heteroatoms. The summed E-state index contributed by atoms with van der Waals surface area (Å²) in [6.07, 6.45) is 0. The third kappa shape index (κ3) is 4.29. The minimum atomic E-state index is -0.221. The lowest BCUT2D eigenvalue weighted by molar-refractivity contribution is 0.661. The van der Waals surface area contributed by atoms with Crippen LogP contribution in [0.5, 0.6) is 0 Å². The molecule has 0 aliphatic heterocycles. The van der Waals surface area contributed by atoms with E-state index >= 15 is 0 Å². The molecule has 0 saturated carbocycles. The molecule has 194 valence electrons. The summed E-state index contributed by atoms with van der Waals surface area (Å²) in [6.45, 7) is 4.55. The molecular formula is C37H26N4. The van der Waals surface area contributed by atoms with Crippen molar-refractivity contribution in [3.8, 4) is 62.5 Å². The third-order valence-electron chi connectivity index (χ3n) is 7.96. The highest BCUT2D eigenvalue weighted by Crippen LogP contribution is 2.50. The Morgan fingerprint density at radius 3 is 1.51 bits per heavy atom. The molecule has 5 aromatic carbocycles. The molecule has 4 nitrogen and oxygen atoms in total. The quantitative estimate of drug-likeness (QED) is 0.230. The van der Waals surface area contributed by atoms with Gasteiger partial charge < -0.3 is 0 Å². The number of benzene rings is 5. The molecule has 0 atom stereocenters. The van der Waals surface area contributed by atoms with Crippen molar-refractivity contribution in [3.63, 3.8) is 0 Å². The number of nitriles is 1. The number of fused-ring (bicyclic) bond motifs is 3. The van der Waals surface area contributed by atoms with Crippen molar-refractivity contribution in [1.82, 2.24) is 15.0 Å². The molecule has 0 N–H and O–H groups in total. The average Bonchev–Trinajstić information content (AvgIpc) is 3.27. The summed E-state index contributed by atoms with van der Waals surface area (Å²) < 4.78 is 0. The lowest BCUT2D eigenvalue weighted by Crippen LogP contribution is -2.15. The molecular weight excluding hydrogens is 500 g/mol. The molecule has 7 rings (SSSR count). The smallest absolute Gasteiger partial charge is 0.164 e. The lowest BCUT2D eigenvalue weighted by atomic mass is 9.81. The highest BCUT2D eigenvalue weighted by molar-refractivity contribution is 5.85. The van der Waals surface area contributed by atoms with Crippen LogP contribution in [0.25, 0.3) is 56.4 Å². The Bertz CT molecular complexity index is 1910. The maximum Gasteiger partial charge on any atom is 0.164 e. The summed E-state index contributed by atoms with van der Waals surface area (Å²) in [7, 11) is 0. The van der Waals surface area contributed by atoms with E-state index in [4.69, 9.17) is 15.0 Å². The fourth-order valence-corrected chi connectivity index (χ4v) is 5.76. The predicted molar refractivity (Wildman–Crippen MR) is 164 cm³/mol. The zero-order valence-corrected chi connectivity index (χ0v) is 22.8. The summed E-state index contributed by atoms with van der Waals surface area (Å²) in [5.74, 6) is 1.96. The summed E-state index contributed by atoms with van der Waals surface area (Å²) in [5, 5.41) is 9.38. The first-order valence-corrected chi connectivity index (χ1v) is 13.7. The van der Waals surface area contributed by atoms with Gasteiger partial charge in [-0.3, -0.25) is 0 Å². The number of hydrogen-bond acceptors (Lipinski definition) is 4. The Morgan fingerprint density at radius 1 is 0.488 bits per heavy atom. The third-order valence-corrected chi connectivity index (χ3v) is 7.96. The van der Waals surface area contributed by atoms with Crippen molar-refractivity contribution in [2.45, 2.75) is 19.3 Å². The van der Waals surface area contributed by atoms with E-state index < -0.39 is 0 Å². The highest BCUT2D eigenvalue weighted by atomic mass is 15.0. The first-order chi connectivity index (χ1) is 20.0. The van der Waals surface area contributed by atoms with Gasteiger partial charge in [-0.25, -0.2) is 15.0 Å². The van der Waals surface area contributed by atoms with E-state index in [1.54, 1.807) is 0 Å².